The molecule has 162 valence electrons. The van der Waals surface area contributed by atoms with Crippen LogP contribution in [0.4, 0.5) is 5.69 Å². The number of methoxy groups -OCH3 is 1. The molecule has 2 rings (SSSR count). The van der Waals surface area contributed by atoms with Gasteiger partial charge in [-0.15, -0.1) is 24.0 Å². The Labute approximate surface area is 191 Å². The minimum absolute atomic E-state index is 0. The van der Waals surface area contributed by atoms with E-state index in [1.54, 1.807) is 7.11 Å². The van der Waals surface area contributed by atoms with Crippen molar-refractivity contribution in [1.29, 1.82) is 0 Å². The number of anilines is 1. The highest BCUT2D eigenvalue weighted by Crippen LogP contribution is 2.10. The molecule has 0 spiro atoms. The molecule has 0 aliphatic heterocycles. The Morgan fingerprint density at radius 3 is 2.52 bits per heavy atom. The number of aryl methyl sites for hydroxylation is 3. The van der Waals surface area contributed by atoms with Crippen molar-refractivity contribution < 1.29 is 4.74 Å². The Morgan fingerprint density at radius 2 is 1.90 bits per heavy atom. The summed E-state index contributed by atoms with van der Waals surface area (Å²) in [5.41, 5.74) is 4.55. The van der Waals surface area contributed by atoms with Gasteiger partial charge in [0.1, 0.15) is 0 Å². The summed E-state index contributed by atoms with van der Waals surface area (Å²) < 4.78 is 7.11. The van der Waals surface area contributed by atoms with E-state index in [1.807, 2.05) is 6.92 Å². The Morgan fingerprint density at radius 1 is 1.14 bits per heavy atom. The second-order valence-electron chi connectivity index (χ2n) is 6.74. The van der Waals surface area contributed by atoms with Gasteiger partial charge in [-0.2, -0.15) is 5.10 Å². The van der Waals surface area contributed by atoms with Gasteiger partial charge in [0, 0.05) is 44.7 Å². The van der Waals surface area contributed by atoms with Gasteiger partial charge in [-0.1, -0.05) is 12.1 Å². The van der Waals surface area contributed by atoms with E-state index in [1.165, 1.54) is 11.3 Å². The average molecular weight is 514 g/mol. The van der Waals surface area contributed by atoms with E-state index in [0.29, 0.717) is 13.2 Å². The summed E-state index contributed by atoms with van der Waals surface area (Å²) in [5, 5.41) is 14.5. The van der Waals surface area contributed by atoms with E-state index < -0.39 is 0 Å². The first-order chi connectivity index (χ1) is 13.6. The molecular formula is C21H35IN6O. The van der Waals surface area contributed by atoms with Crippen LogP contribution in [0.15, 0.2) is 35.3 Å². The fourth-order valence-electron chi connectivity index (χ4n) is 2.87. The lowest BCUT2D eigenvalue weighted by molar-refractivity contribution is 0.211. The fourth-order valence-corrected chi connectivity index (χ4v) is 2.87. The summed E-state index contributed by atoms with van der Waals surface area (Å²) in [6.45, 7) is 10.9. The quantitative estimate of drug-likeness (QED) is 0.186. The van der Waals surface area contributed by atoms with Gasteiger partial charge in [-0.3, -0.25) is 4.68 Å². The van der Waals surface area contributed by atoms with E-state index in [-0.39, 0.29) is 24.0 Å². The summed E-state index contributed by atoms with van der Waals surface area (Å²) in [6, 6.07) is 10.5. The molecule has 1 aromatic carbocycles. The number of halogens is 1. The van der Waals surface area contributed by atoms with Gasteiger partial charge < -0.3 is 20.7 Å². The first kappa shape index (κ1) is 25.2. The minimum Gasteiger partial charge on any atom is -0.383 e. The molecule has 0 fully saturated rings. The Bertz CT molecular complexity index is 729. The van der Waals surface area contributed by atoms with Crippen LogP contribution in [0.25, 0.3) is 0 Å². The molecule has 0 atom stereocenters. The molecule has 0 radical (unpaired) electrons. The van der Waals surface area contributed by atoms with Gasteiger partial charge in [0.2, 0.25) is 0 Å². The highest BCUT2D eigenvalue weighted by molar-refractivity contribution is 14.0. The van der Waals surface area contributed by atoms with Crippen LogP contribution in [0, 0.1) is 13.8 Å². The lowest BCUT2D eigenvalue weighted by atomic mass is 10.2. The molecule has 3 N–H and O–H groups in total. The number of rotatable bonds is 11. The number of hydrogen-bond acceptors (Lipinski definition) is 4. The molecule has 0 saturated carbocycles. The van der Waals surface area contributed by atoms with E-state index in [4.69, 9.17) is 4.74 Å². The summed E-state index contributed by atoms with van der Waals surface area (Å²) in [4.78, 5) is 4.69. The predicted molar refractivity (Wildman–Crippen MR) is 131 cm³/mol. The molecule has 0 aliphatic carbocycles. The van der Waals surface area contributed by atoms with Gasteiger partial charge in [0.25, 0.3) is 0 Å². The van der Waals surface area contributed by atoms with Crippen molar-refractivity contribution in [3.63, 3.8) is 0 Å². The Balaban J connectivity index is 0.00000420. The molecule has 0 bridgehead atoms. The monoisotopic (exact) mass is 514 g/mol. The number of ether oxygens (including phenoxy) is 1. The van der Waals surface area contributed by atoms with Crippen molar-refractivity contribution in [3.8, 4) is 0 Å². The van der Waals surface area contributed by atoms with Crippen LogP contribution in [-0.4, -0.2) is 49.1 Å². The molecule has 1 heterocycles. The summed E-state index contributed by atoms with van der Waals surface area (Å²) >= 11 is 0. The molecular weight excluding hydrogens is 479 g/mol. The van der Waals surface area contributed by atoms with Crippen molar-refractivity contribution in [1.82, 2.24) is 20.4 Å². The zero-order valence-electron chi connectivity index (χ0n) is 18.0. The van der Waals surface area contributed by atoms with Crippen LogP contribution in [-0.2, 0) is 17.8 Å². The number of nitrogens with one attached hydrogen (secondary N) is 3. The summed E-state index contributed by atoms with van der Waals surface area (Å²) in [7, 11) is 1.71. The smallest absolute Gasteiger partial charge is 0.191 e. The van der Waals surface area contributed by atoms with Gasteiger partial charge in [-0.05, 0) is 51.0 Å². The average Bonchev–Trinajstić information content (AvgIpc) is 3.01. The second-order valence-corrected chi connectivity index (χ2v) is 6.74. The lowest BCUT2D eigenvalue weighted by Gasteiger charge is -2.12. The first-order valence-electron chi connectivity index (χ1n) is 9.97. The van der Waals surface area contributed by atoms with Crippen molar-refractivity contribution in [2.24, 2.45) is 4.99 Å². The SMILES string of the molecule is CCNC(=NCc1ccc(NCCOC)cc1)NCCCn1nc(C)cc1C.I. The molecule has 2 aromatic rings. The lowest BCUT2D eigenvalue weighted by Crippen LogP contribution is -2.38. The van der Waals surface area contributed by atoms with Crippen LogP contribution in [0.2, 0.25) is 0 Å². The van der Waals surface area contributed by atoms with Crippen molar-refractivity contribution in [2.45, 2.75) is 40.3 Å². The van der Waals surface area contributed by atoms with Gasteiger partial charge in [-0.25, -0.2) is 4.99 Å². The van der Waals surface area contributed by atoms with Gasteiger partial charge in [0.15, 0.2) is 5.96 Å². The number of guanidine groups is 1. The summed E-state index contributed by atoms with van der Waals surface area (Å²) in [5.74, 6) is 0.846. The maximum Gasteiger partial charge on any atom is 0.191 e. The van der Waals surface area contributed by atoms with Crippen LogP contribution < -0.4 is 16.0 Å². The standard InChI is InChI=1S/C21H34N6O.HI/c1-5-22-21(24-11-6-13-27-18(3)15-17(2)26-27)25-16-19-7-9-20(10-8-19)23-12-14-28-4;/h7-10,15,23H,5-6,11-14,16H2,1-4H3,(H2,22,24,25);1H. The number of hydrogen-bond donors (Lipinski definition) is 3. The van der Waals surface area contributed by atoms with Crippen LogP contribution in [0.1, 0.15) is 30.3 Å². The predicted octanol–water partition coefficient (Wildman–Crippen LogP) is 3.32. The fraction of sp³-hybridized carbons (Fsp3) is 0.524. The molecule has 0 amide bonds. The first-order valence-corrected chi connectivity index (χ1v) is 9.97. The van der Waals surface area contributed by atoms with Crippen molar-refractivity contribution >= 4 is 35.6 Å². The van der Waals surface area contributed by atoms with E-state index in [9.17, 15) is 0 Å². The highest BCUT2D eigenvalue weighted by Gasteiger charge is 2.02. The molecule has 8 heteroatoms. The minimum atomic E-state index is 0. The molecule has 0 saturated heterocycles. The zero-order chi connectivity index (χ0) is 20.2. The highest BCUT2D eigenvalue weighted by atomic mass is 127. The molecule has 0 unspecified atom stereocenters. The summed E-state index contributed by atoms with van der Waals surface area (Å²) in [6.07, 6.45) is 0.994. The van der Waals surface area contributed by atoms with E-state index in [0.717, 1.165) is 49.9 Å². The van der Waals surface area contributed by atoms with Crippen molar-refractivity contribution in [3.05, 3.63) is 47.3 Å². The third-order valence-electron chi connectivity index (χ3n) is 4.30. The number of nitrogens with zero attached hydrogens (tertiary/aromatic N) is 3. The van der Waals surface area contributed by atoms with Crippen LogP contribution in [0.3, 0.4) is 0 Å². The third-order valence-corrected chi connectivity index (χ3v) is 4.30. The molecule has 0 aliphatic rings. The second kappa shape index (κ2) is 14.2. The topological polar surface area (TPSA) is 75.5 Å². The number of aliphatic imine (C=N–C) groups is 1. The maximum atomic E-state index is 5.05. The largest absolute Gasteiger partial charge is 0.383 e. The zero-order valence-corrected chi connectivity index (χ0v) is 20.3. The normalized spacial score (nSPS) is 11.1. The van der Waals surface area contributed by atoms with Gasteiger partial charge >= 0.3 is 0 Å². The molecule has 7 nitrogen and oxygen atoms in total. The maximum absolute atomic E-state index is 5.05. The molecule has 1 aromatic heterocycles. The molecule has 29 heavy (non-hydrogen) atoms. The number of benzene rings is 1. The van der Waals surface area contributed by atoms with E-state index in [2.05, 4.69) is 74.9 Å². The Hall–Kier alpha value is -1.81. The Kier molecular flexibility index (Phi) is 12.4. The van der Waals surface area contributed by atoms with Gasteiger partial charge in [0.05, 0.1) is 18.8 Å². The van der Waals surface area contributed by atoms with Crippen molar-refractivity contribution in [2.75, 3.05) is 38.7 Å². The number of aromatic nitrogens is 2. The van der Waals surface area contributed by atoms with Crippen LogP contribution >= 0.6 is 24.0 Å². The van der Waals surface area contributed by atoms with Crippen LogP contribution in [0.5, 0.6) is 0 Å². The third kappa shape index (κ3) is 9.49. The van der Waals surface area contributed by atoms with E-state index >= 15 is 0 Å².